The maximum Gasteiger partial charge on any atom is 0.223 e. The number of carbonyl (C=O) groups excluding carboxylic acids is 1. The predicted octanol–water partition coefficient (Wildman–Crippen LogP) is 4.66. The maximum atomic E-state index is 12.6. The van der Waals surface area contributed by atoms with E-state index >= 15 is 0 Å². The summed E-state index contributed by atoms with van der Waals surface area (Å²) >= 11 is 0. The molecule has 1 saturated carbocycles. The van der Waals surface area contributed by atoms with Crippen LogP contribution in [0.5, 0.6) is 0 Å². The number of hydrogen-bond acceptors (Lipinski definition) is 4. The molecular formula is C25H27N3O2. The molecule has 0 radical (unpaired) electrons. The fraction of sp³-hybridized carbons (Fsp3) is 0.400. The molecule has 30 heavy (non-hydrogen) atoms. The van der Waals surface area contributed by atoms with Crippen molar-refractivity contribution in [2.45, 2.75) is 51.0 Å². The van der Waals surface area contributed by atoms with Crippen LogP contribution in [0.25, 0.3) is 11.1 Å². The van der Waals surface area contributed by atoms with E-state index in [-0.39, 0.29) is 5.91 Å². The monoisotopic (exact) mass is 401 g/mol. The Morgan fingerprint density at radius 1 is 0.967 bits per heavy atom. The summed E-state index contributed by atoms with van der Waals surface area (Å²) in [5.74, 6) is 2.11. The molecule has 2 bridgehead atoms. The second-order valence-electron chi connectivity index (χ2n) is 8.56. The van der Waals surface area contributed by atoms with E-state index in [1.807, 2.05) is 18.2 Å². The van der Waals surface area contributed by atoms with E-state index in [1.54, 1.807) is 0 Å². The summed E-state index contributed by atoms with van der Waals surface area (Å²) < 4.78 is 5.81. The Balaban J connectivity index is 1.15. The van der Waals surface area contributed by atoms with E-state index in [0.717, 1.165) is 24.4 Å². The third-order valence-electron chi connectivity index (χ3n) is 6.45. The van der Waals surface area contributed by atoms with E-state index in [1.165, 1.54) is 30.4 Å². The second-order valence-corrected chi connectivity index (χ2v) is 8.56. The Morgan fingerprint density at radius 2 is 1.73 bits per heavy atom. The first-order chi connectivity index (χ1) is 14.7. The summed E-state index contributed by atoms with van der Waals surface area (Å²) in [7, 11) is 0. The van der Waals surface area contributed by atoms with Crippen molar-refractivity contribution in [3.8, 4) is 11.1 Å². The molecule has 2 atom stereocenters. The zero-order valence-corrected chi connectivity index (χ0v) is 17.2. The van der Waals surface area contributed by atoms with E-state index in [9.17, 15) is 4.79 Å². The first-order valence-electron chi connectivity index (χ1n) is 11.0. The van der Waals surface area contributed by atoms with Crippen LogP contribution in [0.1, 0.15) is 49.4 Å². The van der Waals surface area contributed by atoms with E-state index < -0.39 is 0 Å². The van der Waals surface area contributed by atoms with Crippen LogP contribution in [0.15, 0.2) is 59.0 Å². The summed E-state index contributed by atoms with van der Waals surface area (Å²) in [5.41, 5.74) is 3.52. The number of amides is 1. The summed E-state index contributed by atoms with van der Waals surface area (Å²) in [6.07, 6.45) is 6.47. The van der Waals surface area contributed by atoms with E-state index in [2.05, 4.69) is 51.5 Å². The van der Waals surface area contributed by atoms with Gasteiger partial charge in [0.25, 0.3) is 0 Å². The van der Waals surface area contributed by atoms with Gasteiger partial charge in [0.15, 0.2) is 0 Å². The van der Waals surface area contributed by atoms with Crippen molar-refractivity contribution in [3.05, 3.63) is 71.9 Å². The number of rotatable bonds is 6. The molecule has 3 aromatic rings. The Morgan fingerprint density at radius 3 is 2.53 bits per heavy atom. The maximum absolute atomic E-state index is 12.6. The topological polar surface area (TPSA) is 59.2 Å². The molecule has 5 heteroatoms. The SMILES string of the molecule is O=C(CCc1nnc(Cc2ccc(-c3ccccc3)cc2)o1)N1C[C@@H]2CCC[C@H]1C2. The molecule has 2 heterocycles. The quantitative estimate of drug-likeness (QED) is 0.603. The van der Waals surface area contributed by atoms with Gasteiger partial charge in [0.2, 0.25) is 17.7 Å². The fourth-order valence-electron chi connectivity index (χ4n) is 4.88. The molecule has 2 fully saturated rings. The van der Waals surface area contributed by atoms with E-state index in [0.29, 0.717) is 37.1 Å². The molecule has 0 N–H and O–H groups in total. The number of nitrogens with zero attached hydrogens (tertiary/aromatic N) is 3. The van der Waals surface area contributed by atoms with Gasteiger partial charge in [-0.25, -0.2) is 0 Å². The molecule has 1 aliphatic heterocycles. The third kappa shape index (κ3) is 4.16. The zero-order valence-electron chi connectivity index (χ0n) is 17.2. The standard InChI is InChI=1S/C25H27N3O2/c29-25(28-17-19-5-4-8-22(28)15-19)14-13-23-26-27-24(30-23)16-18-9-11-21(12-10-18)20-6-2-1-3-7-20/h1-3,6-7,9-12,19,22H,4-5,8,13-17H2/t19-,22+/m1/s1. The molecule has 1 aliphatic carbocycles. The molecule has 5 nitrogen and oxygen atoms in total. The van der Waals surface area contributed by atoms with Crippen molar-refractivity contribution in [2.24, 2.45) is 5.92 Å². The van der Waals surface area contributed by atoms with Crippen molar-refractivity contribution in [1.29, 1.82) is 0 Å². The molecular weight excluding hydrogens is 374 g/mol. The molecule has 0 unspecified atom stereocenters. The molecule has 5 rings (SSSR count). The first-order valence-corrected chi connectivity index (χ1v) is 11.0. The van der Waals surface area contributed by atoms with Crippen molar-refractivity contribution in [3.63, 3.8) is 0 Å². The van der Waals surface area contributed by atoms with Crippen LogP contribution in [0.2, 0.25) is 0 Å². The number of hydrogen-bond donors (Lipinski definition) is 0. The lowest BCUT2D eigenvalue weighted by Crippen LogP contribution is -2.35. The molecule has 154 valence electrons. The number of aryl methyl sites for hydroxylation is 1. The van der Waals surface area contributed by atoms with E-state index in [4.69, 9.17) is 4.42 Å². The average Bonchev–Trinajstić information content (AvgIpc) is 3.36. The second kappa shape index (κ2) is 8.42. The van der Waals surface area contributed by atoms with Crippen molar-refractivity contribution >= 4 is 5.91 Å². The van der Waals surface area contributed by atoms with Gasteiger partial charge in [-0.1, -0.05) is 61.0 Å². The van der Waals surface area contributed by atoms with Gasteiger partial charge in [-0.2, -0.15) is 0 Å². The lowest BCUT2D eigenvalue weighted by Gasteiger charge is -2.24. The van der Waals surface area contributed by atoms with Crippen LogP contribution in [0.3, 0.4) is 0 Å². The minimum atomic E-state index is 0.237. The Bertz CT molecular complexity index is 997. The highest BCUT2D eigenvalue weighted by molar-refractivity contribution is 5.77. The molecule has 1 saturated heterocycles. The van der Waals surface area contributed by atoms with Crippen LogP contribution >= 0.6 is 0 Å². The summed E-state index contributed by atoms with van der Waals surface area (Å²) in [6.45, 7) is 0.942. The molecule has 0 spiro atoms. The Labute approximate surface area is 177 Å². The van der Waals surface area contributed by atoms with Gasteiger partial charge in [-0.3, -0.25) is 4.79 Å². The number of aromatic nitrogens is 2. The highest BCUT2D eigenvalue weighted by atomic mass is 16.4. The normalized spacial score (nSPS) is 20.5. The molecule has 2 aliphatic rings. The van der Waals surface area contributed by atoms with Crippen molar-refractivity contribution < 1.29 is 9.21 Å². The van der Waals surface area contributed by atoms with Gasteiger partial charge in [-0.15, -0.1) is 10.2 Å². The first kappa shape index (κ1) is 19.0. The lowest BCUT2D eigenvalue weighted by atomic mass is 9.90. The number of fused-ring (bicyclic) bond motifs is 2. The van der Waals surface area contributed by atoms with Gasteiger partial charge >= 0.3 is 0 Å². The Kier molecular flexibility index (Phi) is 5.35. The van der Waals surface area contributed by atoms with Crippen LogP contribution < -0.4 is 0 Å². The van der Waals surface area contributed by atoms with Crippen molar-refractivity contribution in [1.82, 2.24) is 15.1 Å². The molecule has 1 amide bonds. The minimum absolute atomic E-state index is 0.237. The molecule has 1 aromatic heterocycles. The molecule has 2 aromatic carbocycles. The summed E-state index contributed by atoms with van der Waals surface area (Å²) in [5, 5.41) is 8.33. The van der Waals surface area contributed by atoms with Gasteiger partial charge in [0.1, 0.15) is 0 Å². The third-order valence-corrected chi connectivity index (χ3v) is 6.45. The van der Waals surface area contributed by atoms with Gasteiger partial charge < -0.3 is 9.32 Å². The van der Waals surface area contributed by atoms with Gasteiger partial charge in [0, 0.05) is 25.4 Å². The van der Waals surface area contributed by atoms with Gasteiger partial charge in [-0.05, 0) is 41.9 Å². The predicted molar refractivity (Wildman–Crippen MR) is 115 cm³/mol. The Hall–Kier alpha value is -2.95. The fourth-order valence-corrected chi connectivity index (χ4v) is 4.88. The number of likely N-dealkylation sites (tertiary alicyclic amines) is 1. The minimum Gasteiger partial charge on any atom is -0.425 e. The van der Waals surface area contributed by atoms with Crippen molar-refractivity contribution in [2.75, 3.05) is 6.54 Å². The number of benzene rings is 2. The number of carbonyl (C=O) groups is 1. The van der Waals surface area contributed by atoms with Gasteiger partial charge in [0.05, 0.1) is 6.42 Å². The summed E-state index contributed by atoms with van der Waals surface area (Å²) in [6, 6.07) is 19.2. The highest BCUT2D eigenvalue weighted by Crippen LogP contribution is 2.35. The van der Waals surface area contributed by atoms with Crippen LogP contribution in [-0.2, 0) is 17.6 Å². The lowest BCUT2D eigenvalue weighted by molar-refractivity contribution is -0.132. The smallest absolute Gasteiger partial charge is 0.223 e. The van der Waals surface area contributed by atoms with Crippen LogP contribution in [0.4, 0.5) is 0 Å². The van der Waals surface area contributed by atoms with Crippen LogP contribution in [-0.4, -0.2) is 33.6 Å². The highest BCUT2D eigenvalue weighted by Gasteiger charge is 2.37. The zero-order chi connectivity index (χ0) is 20.3. The van der Waals surface area contributed by atoms with Crippen LogP contribution in [0, 0.1) is 5.92 Å². The average molecular weight is 402 g/mol. The largest absolute Gasteiger partial charge is 0.425 e. The summed E-state index contributed by atoms with van der Waals surface area (Å²) in [4.78, 5) is 14.7.